The van der Waals surface area contributed by atoms with E-state index in [2.05, 4.69) is 16.8 Å². The van der Waals surface area contributed by atoms with Crippen LogP contribution in [0.4, 0.5) is 0 Å². The molecule has 2 saturated heterocycles. The Balaban J connectivity index is 1.50. The SMILES string of the molecule is CN(CCN1C2CCC1CC(=O)C2)C1CCCC1. The highest BCUT2D eigenvalue weighted by molar-refractivity contribution is 5.80. The molecule has 2 atom stereocenters. The molecule has 2 unspecified atom stereocenters. The van der Waals surface area contributed by atoms with Gasteiger partial charge in [0, 0.05) is 44.1 Å². The summed E-state index contributed by atoms with van der Waals surface area (Å²) in [7, 11) is 2.28. The lowest BCUT2D eigenvalue weighted by Crippen LogP contribution is -2.47. The van der Waals surface area contributed by atoms with Gasteiger partial charge in [-0.15, -0.1) is 0 Å². The number of rotatable bonds is 4. The summed E-state index contributed by atoms with van der Waals surface area (Å²) < 4.78 is 0. The first-order valence-electron chi connectivity index (χ1n) is 7.71. The number of fused-ring (bicyclic) bond motifs is 2. The number of Topliss-reactive ketones (excluding diaryl/α,β-unsaturated/α-hetero) is 1. The molecule has 2 aliphatic heterocycles. The van der Waals surface area contributed by atoms with Gasteiger partial charge in [0.05, 0.1) is 0 Å². The highest BCUT2D eigenvalue weighted by Crippen LogP contribution is 2.33. The summed E-state index contributed by atoms with van der Waals surface area (Å²) in [6.45, 7) is 2.36. The van der Waals surface area contributed by atoms with Crippen LogP contribution in [0.5, 0.6) is 0 Å². The molecule has 0 aromatic carbocycles. The third-order valence-electron chi connectivity index (χ3n) is 5.36. The number of carbonyl (C=O) groups excluding carboxylic acids is 1. The average molecular weight is 250 g/mol. The standard InChI is InChI=1S/C15H26N2O/c1-16(12-4-2-3-5-12)8-9-17-13-6-7-14(17)11-15(18)10-13/h12-14H,2-11H2,1H3. The van der Waals surface area contributed by atoms with Gasteiger partial charge in [0.1, 0.15) is 5.78 Å². The van der Waals surface area contributed by atoms with Crippen LogP contribution >= 0.6 is 0 Å². The predicted molar refractivity (Wildman–Crippen MR) is 72.6 cm³/mol. The van der Waals surface area contributed by atoms with Crippen LogP contribution in [0.25, 0.3) is 0 Å². The molecule has 18 heavy (non-hydrogen) atoms. The summed E-state index contributed by atoms with van der Waals surface area (Å²) >= 11 is 0. The topological polar surface area (TPSA) is 23.6 Å². The van der Waals surface area contributed by atoms with Gasteiger partial charge in [0.25, 0.3) is 0 Å². The van der Waals surface area contributed by atoms with Crippen LogP contribution in [0, 0.1) is 0 Å². The molecule has 2 heterocycles. The first-order valence-corrected chi connectivity index (χ1v) is 7.71. The largest absolute Gasteiger partial charge is 0.302 e. The molecule has 1 saturated carbocycles. The molecule has 3 rings (SSSR count). The molecule has 0 spiro atoms. The van der Waals surface area contributed by atoms with Gasteiger partial charge < -0.3 is 4.90 Å². The normalized spacial score (nSPS) is 33.8. The molecule has 0 aromatic heterocycles. The lowest BCUT2D eigenvalue weighted by molar-refractivity contribution is -0.123. The van der Waals surface area contributed by atoms with Crippen molar-refractivity contribution in [2.45, 2.75) is 69.5 Å². The van der Waals surface area contributed by atoms with Crippen LogP contribution in [-0.2, 0) is 4.79 Å². The van der Waals surface area contributed by atoms with Gasteiger partial charge in [-0.25, -0.2) is 0 Å². The molecule has 0 N–H and O–H groups in total. The lowest BCUT2D eigenvalue weighted by Gasteiger charge is -2.36. The Morgan fingerprint density at radius 3 is 2.33 bits per heavy atom. The van der Waals surface area contributed by atoms with E-state index < -0.39 is 0 Å². The zero-order chi connectivity index (χ0) is 12.5. The second-order valence-corrected chi connectivity index (χ2v) is 6.49. The van der Waals surface area contributed by atoms with Crippen LogP contribution < -0.4 is 0 Å². The van der Waals surface area contributed by atoms with Crippen LogP contribution in [0.2, 0.25) is 0 Å². The van der Waals surface area contributed by atoms with E-state index in [0.29, 0.717) is 17.9 Å². The molecule has 3 heteroatoms. The second-order valence-electron chi connectivity index (χ2n) is 6.49. The number of hydrogen-bond donors (Lipinski definition) is 0. The fourth-order valence-electron chi connectivity index (χ4n) is 4.23. The zero-order valence-electron chi connectivity index (χ0n) is 11.6. The molecular weight excluding hydrogens is 224 g/mol. The maximum Gasteiger partial charge on any atom is 0.136 e. The van der Waals surface area contributed by atoms with Crippen molar-refractivity contribution < 1.29 is 4.79 Å². The van der Waals surface area contributed by atoms with Crippen LogP contribution in [0.1, 0.15) is 51.4 Å². The summed E-state index contributed by atoms with van der Waals surface area (Å²) in [6.07, 6.45) is 9.76. The number of carbonyl (C=O) groups is 1. The summed E-state index contributed by atoms with van der Waals surface area (Å²) in [5, 5.41) is 0. The smallest absolute Gasteiger partial charge is 0.136 e. The van der Waals surface area contributed by atoms with Crippen molar-refractivity contribution in [3.63, 3.8) is 0 Å². The minimum atomic E-state index is 0.503. The predicted octanol–water partition coefficient (Wildman–Crippen LogP) is 2.06. The van der Waals surface area contributed by atoms with E-state index in [1.165, 1.54) is 51.6 Å². The summed E-state index contributed by atoms with van der Waals surface area (Å²) in [6, 6.07) is 1.98. The van der Waals surface area contributed by atoms with E-state index in [9.17, 15) is 4.79 Å². The molecule has 0 amide bonds. The summed E-state index contributed by atoms with van der Waals surface area (Å²) in [4.78, 5) is 16.8. The van der Waals surface area contributed by atoms with E-state index in [1.807, 2.05) is 0 Å². The Labute approximate surface area is 111 Å². The third-order valence-corrected chi connectivity index (χ3v) is 5.36. The van der Waals surface area contributed by atoms with Crippen LogP contribution in [0.3, 0.4) is 0 Å². The second kappa shape index (κ2) is 5.30. The van der Waals surface area contributed by atoms with Crippen LogP contribution in [-0.4, -0.2) is 53.8 Å². The Morgan fingerprint density at radius 2 is 1.72 bits per heavy atom. The number of nitrogens with zero attached hydrogens (tertiary/aromatic N) is 2. The van der Waals surface area contributed by atoms with E-state index in [0.717, 1.165) is 18.9 Å². The summed E-state index contributed by atoms with van der Waals surface area (Å²) in [5.74, 6) is 0.503. The fraction of sp³-hybridized carbons (Fsp3) is 0.933. The molecule has 3 aliphatic rings. The quantitative estimate of drug-likeness (QED) is 0.763. The van der Waals surface area contributed by atoms with E-state index >= 15 is 0 Å². The number of ketones is 1. The van der Waals surface area contributed by atoms with Gasteiger partial charge in [0.15, 0.2) is 0 Å². The number of piperidine rings is 1. The van der Waals surface area contributed by atoms with Crippen molar-refractivity contribution in [1.82, 2.24) is 9.80 Å². The molecule has 1 aliphatic carbocycles. The Kier molecular flexibility index (Phi) is 3.71. The molecule has 102 valence electrons. The number of likely N-dealkylation sites (N-methyl/N-ethyl adjacent to an activating group) is 1. The molecule has 0 aromatic rings. The Morgan fingerprint density at radius 1 is 1.11 bits per heavy atom. The summed E-state index contributed by atoms with van der Waals surface area (Å²) in [5.41, 5.74) is 0. The zero-order valence-corrected chi connectivity index (χ0v) is 11.6. The van der Waals surface area contributed by atoms with Gasteiger partial charge in [-0.2, -0.15) is 0 Å². The van der Waals surface area contributed by atoms with Gasteiger partial charge in [-0.3, -0.25) is 9.69 Å². The monoisotopic (exact) mass is 250 g/mol. The van der Waals surface area contributed by atoms with Crippen LogP contribution in [0.15, 0.2) is 0 Å². The van der Waals surface area contributed by atoms with Crippen molar-refractivity contribution in [2.24, 2.45) is 0 Å². The molecule has 3 fully saturated rings. The molecule has 2 bridgehead atoms. The molecule has 3 nitrogen and oxygen atoms in total. The van der Waals surface area contributed by atoms with Crippen molar-refractivity contribution in [2.75, 3.05) is 20.1 Å². The maximum absolute atomic E-state index is 11.6. The third kappa shape index (κ3) is 2.48. The minimum Gasteiger partial charge on any atom is -0.302 e. The van der Waals surface area contributed by atoms with Crippen molar-refractivity contribution in [1.29, 1.82) is 0 Å². The van der Waals surface area contributed by atoms with E-state index in [-0.39, 0.29) is 0 Å². The highest BCUT2D eigenvalue weighted by Gasteiger charge is 2.39. The number of hydrogen-bond acceptors (Lipinski definition) is 3. The Bertz CT molecular complexity index is 296. The average Bonchev–Trinajstić information content (AvgIpc) is 2.94. The van der Waals surface area contributed by atoms with Gasteiger partial charge in [0.2, 0.25) is 0 Å². The van der Waals surface area contributed by atoms with Crippen molar-refractivity contribution in [3.05, 3.63) is 0 Å². The fourth-order valence-corrected chi connectivity index (χ4v) is 4.23. The van der Waals surface area contributed by atoms with E-state index in [4.69, 9.17) is 0 Å². The Hall–Kier alpha value is -0.410. The van der Waals surface area contributed by atoms with E-state index in [1.54, 1.807) is 0 Å². The first kappa shape index (κ1) is 12.6. The first-order chi connectivity index (χ1) is 8.74. The lowest BCUT2D eigenvalue weighted by atomic mass is 10.0. The molecular formula is C15H26N2O. The van der Waals surface area contributed by atoms with Crippen molar-refractivity contribution >= 4 is 5.78 Å². The minimum absolute atomic E-state index is 0.503. The van der Waals surface area contributed by atoms with Gasteiger partial charge >= 0.3 is 0 Å². The van der Waals surface area contributed by atoms with Crippen molar-refractivity contribution in [3.8, 4) is 0 Å². The highest BCUT2D eigenvalue weighted by atomic mass is 16.1. The molecule has 0 radical (unpaired) electrons. The maximum atomic E-state index is 11.6. The van der Waals surface area contributed by atoms with Gasteiger partial charge in [-0.05, 0) is 32.7 Å². The van der Waals surface area contributed by atoms with Gasteiger partial charge in [-0.1, -0.05) is 12.8 Å².